The topological polar surface area (TPSA) is 12.0 Å². The van der Waals surface area contributed by atoms with Crippen LogP contribution in [0.1, 0.15) is 19.8 Å². The van der Waals surface area contributed by atoms with E-state index < -0.39 is 0 Å². The van der Waals surface area contributed by atoms with E-state index in [1.807, 2.05) is 6.08 Å². The number of hydrogen-bond donors (Lipinski definition) is 1. The van der Waals surface area contributed by atoms with E-state index in [2.05, 4.69) is 25.2 Å². The van der Waals surface area contributed by atoms with Crippen molar-refractivity contribution >= 4 is 0 Å². The molecule has 1 N–H and O–H groups in total. The highest BCUT2D eigenvalue weighted by Crippen LogP contribution is 1.91. The van der Waals surface area contributed by atoms with E-state index >= 15 is 0 Å². The second-order valence-electron chi connectivity index (χ2n) is 1.97. The third-order valence-electron chi connectivity index (χ3n) is 1.14. The first-order valence-electron chi connectivity index (χ1n) is 3.56. The molecule has 0 saturated carbocycles. The molecule has 53 valence electrons. The zero-order valence-corrected chi connectivity index (χ0v) is 6.19. The molecule has 0 spiro atoms. The van der Waals surface area contributed by atoms with Crippen LogP contribution in [0.2, 0.25) is 0 Å². The lowest BCUT2D eigenvalue weighted by Crippen LogP contribution is -2.13. The van der Waals surface area contributed by atoms with E-state index in [1.165, 1.54) is 6.42 Å². The van der Waals surface area contributed by atoms with Crippen LogP contribution in [0.5, 0.6) is 0 Å². The highest BCUT2D eigenvalue weighted by molar-refractivity contribution is 4.85. The summed E-state index contributed by atoms with van der Waals surface area (Å²) < 4.78 is 0. The van der Waals surface area contributed by atoms with Gasteiger partial charge < -0.3 is 5.32 Å². The third kappa shape index (κ3) is 7.70. The Hall–Kier alpha value is -0.300. The van der Waals surface area contributed by atoms with Crippen LogP contribution in [0.4, 0.5) is 0 Å². The fraction of sp³-hybridized carbons (Fsp3) is 0.625. The van der Waals surface area contributed by atoms with Crippen molar-refractivity contribution in [3.8, 4) is 0 Å². The second-order valence-corrected chi connectivity index (χ2v) is 1.97. The van der Waals surface area contributed by atoms with Gasteiger partial charge in [0.25, 0.3) is 0 Å². The molecular formula is C8H16N. The van der Waals surface area contributed by atoms with E-state index in [4.69, 9.17) is 0 Å². The summed E-state index contributed by atoms with van der Waals surface area (Å²) in [6, 6.07) is 0. The Morgan fingerprint density at radius 3 is 2.89 bits per heavy atom. The molecule has 0 aliphatic carbocycles. The van der Waals surface area contributed by atoms with Crippen LogP contribution in [-0.4, -0.2) is 13.1 Å². The standard InChI is InChI=1S/C8H16N/c1-3-5-6-7-8-9-4-2/h3,5,9H,1,4,6-8H2,2H3. The first-order valence-corrected chi connectivity index (χ1v) is 3.56. The smallest absolute Gasteiger partial charge is 0.00488 e. The normalized spacial score (nSPS) is 9.44. The first-order chi connectivity index (χ1) is 4.41. The van der Waals surface area contributed by atoms with Gasteiger partial charge >= 0.3 is 0 Å². The van der Waals surface area contributed by atoms with Crippen molar-refractivity contribution in [3.63, 3.8) is 0 Å². The number of nitrogens with one attached hydrogen (secondary N) is 1. The summed E-state index contributed by atoms with van der Waals surface area (Å²) in [5.41, 5.74) is 0. The van der Waals surface area contributed by atoms with Gasteiger partial charge in [0.15, 0.2) is 0 Å². The minimum absolute atomic E-state index is 1.08. The molecule has 0 aromatic heterocycles. The van der Waals surface area contributed by atoms with Crippen LogP contribution < -0.4 is 5.32 Å². The number of hydrogen-bond acceptors (Lipinski definition) is 1. The van der Waals surface area contributed by atoms with E-state index in [0.29, 0.717) is 0 Å². The summed E-state index contributed by atoms with van der Waals surface area (Å²) in [6.07, 6.45) is 6.32. The van der Waals surface area contributed by atoms with E-state index in [9.17, 15) is 0 Å². The van der Waals surface area contributed by atoms with E-state index in [-0.39, 0.29) is 0 Å². The van der Waals surface area contributed by atoms with Crippen molar-refractivity contribution in [2.75, 3.05) is 13.1 Å². The molecule has 0 rings (SSSR count). The predicted octanol–water partition coefficient (Wildman–Crippen LogP) is 1.77. The minimum Gasteiger partial charge on any atom is -0.317 e. The van der Waals surface area contributed by atoms with Gasteiger partial charge in [-0.05, 0) is 32.4 Å². The summed E-state index contributed by atoms with van der Waals surface area (Å²) in [5, 5.41) is 3.25. The average molecular weight is 126 g/mol. The summed E-state index contributed by atoms with van der Waals surface area (Å²) in [5.74, 6) is 0. The Morgan fingerprint density at radius 2 is 2.33 bits per heavy atom. The summed E-state index contributed by atoms with van der Waals surface area (Å²) in [4.78, 5) is 0. The highest BCUT2D eigenvalue weighted by atomic mass is 14.8. The molecule has 1 radical (unpaired) electrons. The number of rotatable bonds is 6. The van der Waals surface area contributed by atoms with E-state index in [1.54, 1.807) is 0 Å². The van der Waals surface area contributed by atoms with Gasteiger partial charge in [0.05, 0.1) is 0 Å². The molecule has 1 nitrogen and oxygen atoms in total. The van der Waals surface area contributed by atoms with Crippen LogP contribution in [-0.2, 0) is 0 Å². The Morgan fingerprint density at radius 1 is 1.56 bits per heavy atom. The molecule has 0 aromatic rings. The maximum Gasteiger partial charge on any atom is -0.00488 e. The first kappa shape index (κ1) is 8.70. The lowest BCUT2D eigenvalue weighted by molar-refractivity contribution is 0.672. The molecular weight excluding hydrogens is 110 g/mol. The van der Waals surface area contributed by atoms with Crippen molar-refractivity contribution in [2.24, 2.45) is 0 Å². The fourth-order valence-corrected chi connectivity index (χ4v) is 0.640. The third-order valence-corrected chi connectivity index (χ3v) is 1.14. The highest BCUT2D eigenvalue weighted by Gasteiger charge is 1.83. The Labute approximate surface area is 58.2 Å². The quantitative estimate of drug-likeness (QED) is 0.535. The summed E-state index contributed by atoms with van der Waals surface area (Å²) >= 11 is 0. The monoisotopic (exact) mass is 126 g/mol. The van der Waals surface area contributed by atoms with Crippen molar-refractivity contribution in [2.45, 2.75) is 19.8 Å². The molecule has 0 unspecified atom stereocenters. The van der Waals surface area contributed by atoms with Crippen LogP contribution in [0.25, 0.3) is 0 Å². The fourth-order valence-electron chi connectivity index (χ4n) is 0.640. The number of unbranched alkanes of at least 4 members (excludes halogenated alkanes) is 2. The maximum absolute atomic E-state index is 3.60. The van der Waals surface area contributed by atoms with Gasteiger partial charge in [-0.25, -0.2) is 0 Å². The molecule has 0 amide bonds. The number of allylic oxidation sites excluding steroid dienone is 1. The van der Waals surface area contributed by atoms with Crippen LogP contribution in [0, 0.1) is 6.42 Å². The Balaban J connectivity index is 2.66. The largest absolute Gasteiger partial charge is 0.317 e. The van der Waals surface area contributed by atoms with Crippen molar-refractivity contribution < 1.29 is 0 Å². The van der Waals surface area contributed by atoms with Gasteiger partial charge in [-0.15, -0.1) is 6.58 Å². The minimum atomic E-state index is 1.08. The van der Waals surface area contributed by atoms with Crippen LogP contribution in [0.15, 0.2) is 12.7 Å². The predicted molar refractivity (Wildman–Crippen MR) is 42.3 cm³/mol. The van der Waals surface area contributed by atoms with Gasteiger partial charge in [0, 0.05) is 0 Å². The van der Waals surface area contributed by atoms with Crippen molar-refractivity contribution in [1.82, 2.24) is 5.32 Å². The average Bonchev–Trinajstić information content (AvgIpc) is 1.89. The maximum atomic E-state index is 3.60. The van der Waals surface area contributed by atoms with Crippen molar-refractivity contribution in [3.05, 3.63) is 19.1 Å². The van der Waals surface area contributed by atoms with Crippen LogP contribution >= 0.6 is 0 Å². The van der Waals surface area contributed by atoms with Gasteiger partial charge in [0.2, 0.25) is 0 Å². The molecule has 0 heterocycles. The summed E-state index contributed by atoms with van der Waals surface area (Å²) in [7, 11) is 0. The molecule has 0 saturated heterocycles. The molecule has 1 heteroatoms. The van der Waals surface area contributed by atoms with Gasteiger partial charge in [-0.2, -0.15) is 0 Å². The Bertz CT molecular complexity index is 59.6. The molecule has 0 aromatic carbocycles. The van der Waals surface area contributed by atoms with Gasteiger partial charge in [0.1, 0.15) is 0 Å². The zero-order valence-electron chi connectivity index (χ0n) is 6.19. The lowest BCUT2D eigenvalue weighted by atomic mass is 10.2. The molecule has 0 bridgehead atoms. The van der Waals surface area contributed by atoms with Crippen LogP contribution in [0.3, 0.4) is 0 Å². The lowest BCUT2D eigenvalue weighted by Gasteiger charge is -1.97. The molecule has 0 aliphatic rings. The van der Waals surface area contributed by atoms with Crippen molar-refractivity contribution in [1.29, 1.82) is 0 Å². The Kier molecular flexibility index (Phi) is 7.44. The SMILES string of the molecule is C=C[CH]CCCNCC. The zero-order chi connectivity index (χ0) is 6.95. The van der Waals surface area contributed by atoms with Gasteiger partial charge in [-0.1, -0.05) is 13.0 Å². The van der Waals surface area contributed by atoms with Gasteiger partial charge in [-0.3, -0.25) is 0 Å². The molecule has 0 atom stereocenters. The summed E-state index contributed by atoms with van der Waals surface area (Å²) in [6.45, 7) is 7.93. The molecule has 0 fully saturated rings. The molecule has 9 heavy (non-hydrogen) atoms. The van der Waals surface area contributed by atoms with E-state index in [0.717, 1.165) is 19.5 Å². The second kappa shape index (κ2) is 7.70. The molecule has 0 aliphatic heterocycles.